The van der Waals surface area contributed by atoms with Gasteiger partial charge in [-0.05, 0) is 32.2 Å². The minimum Gasteiger partial charge on any atom is -0.392 e. The Balaban J connectivity index is 1.88. The summed E-state index contributed by atoms with van der Waals surface area (Å²) in [5.41, 5.74) is 1.06. The topological polar surface area (TPSA) is 45.1 Å². The maximum Gasteiger partial charge on any atom is 0.0954 e. The molecule has 1 aromatic rings. The average Bonchev–Trinajstić information content (AvgIpc) is 2.65. The number of thiazole rings is 1. The Morgan fingerprint density at radius 2 is 2.60 bits per heavy atom. The van der Waals surface area contributed by atoms with E-state index in [1.165, 1.54) is 6.42 Å². The molecule has 1 fully saturated rings. The van der Waals surface area contributed by atoms with Crippen molar-refractivity contribution in [1.29, 1.82) is 0 Å². The number of aliphatic hydroxyl groups excluding tert-OH is 1. The van der Waals surface area contributed by atoms with Gasteiger partial charge in [0.25, 0.3) is 0 Å². The lowest BCUT2D eigenvalue weighted by atomic mass is 9.92. The second-order valence-corrected chi connectivity index (χ2v) is 5.20. The molecule has 2 unspecified atom stereocenters. The Bertz CT molecular complexity index is 307. The molecule has 2 rings (SSSR count). The lowest BCUT2D eigenvalue weighted by Gasteiger charge is -2.26. The first kappa shape index (κ1) is 11.0. The molecular weight excluding hydrogens is 208 g/mol. The molecule has 0 bridgehead atoms. The number of nitrogens with one attached hydrogen (secondary N) is 1. The van der Waals surface area contributed by atoms with E-state index in [0.717, 1.165) is 30.2 Å². The average molecular weight is 226 g/mol. The first-order chi connectivity index (χ1) is 7.25. The van der Waals surface area contributed by atoms with Gasteiger partial charge in [0.1, 0.15) is 0 Å². The SMILES string of the molecule is Cc1csc(CC(O)C2CCCNC2)n1. The number of aliphatic hydroxyl groups is 1. The van der Waals surface area contributed by atoms with Crippen molar-refractivity contribution in [1.82, 2.24) is 10.3 Å². The van der Waals surface area contributed by atoms with Crippen LogP contribution in [0.15, 0.2) is 5.38 Å². The maximum absolute atomic E-state index is 10.1. The summed E-state index contributed by atoms with van der Waals surface area (Å²) in [6, 6.07) is 0. The van der Waals surface area contributed by atoms with E-state index in [1.807, 2.05) is 12.3 Å². The zero-order chi connectivity index (χ0) is 10.7. The zero-order valence-electron chi connectivity index (χ0n) is 9.07. The lowest BCUT2D eigenvalue weighted by molar-refractivity contribution is 0.0921. The fraction of sp³-hybridized carbons (Fsp3) is 0.727. The summed E-state index contributed by atoms with van der Waals surface area (Å²) in [6.45, 7) is 4.04. The Morgan fingerprint density at radius 1 is 1.73 bits per heavy atom. The fourth-order valence-electron chi connectivity index (χ4n) is 2.05. The normalized spacial score (nSPS) is 24.0. The highest BCUT2D eigenvalue weighted by atomic mass is 32.1. The third-order valence-electron chi connectivity index (χ3n) is 2.93. The zero-order valence-corrected chi connectivity index (χ0v) is 9.89. The molecule has 0 aliphatic carbocycles. The van der Waals surface area contributed by atoms with Crippen molar-refractivity contribution in [3.05, 3.63) is 16.1 Å². The van der Waals surface area contributed by atoms with Gasteiger partial charge in [0.05, 0.1) is 11.1 Å². The molecule has 1 aromatic heterocycles. The van der Waals surface area contributed by atoms with Gasteiger partial charge in [-0.15, -0.1) is 11.3 Å². The summed E-state index contributed by atoms with van der Waals surface area (Å²) < 4.78 is 0. The van der Waals surface area contributed by atoms with Gasteiger partial charge < -0.3 is 10.4 Å². The molecule has 1 saturated heterocycles. The molecule has 0 spiro atoms. The van der Waals surface area contributed by atoms with Crippen molar-refractivity contribution < 1.29 is 5.11 Å². The quantitative estimate of drug-likeness (QED) is 0.818. The van der Waals surface area contributed by atoms with Crippen LogP contribution in [0.3, 0.4) is 0 Å². The van der Waals surface area contributed by atoms with Crippen LogP contribution in [0.2, 0.25) is 0 Å². The molecule has 1 aliphatic rings. The summed E-state index contributed by atoms with van der Waals surface area (Å²) in [7, 11) is 0. The minimum absolute atomic E-state index is 0.233. The smallest absolute Gasteiger partial charge is 0.0954 e. The molecule has 0 amide bonds. The number of nitrogens with zero attached hydrogens (tertiary/aromatic N) is 1. The molecule has 84 valence electrons. The van der Waals surface area contributed by atoms with Crippen LogP contribution in [0.1, 0.15) is 23.5 Å². The van der Waals surface area contributed by atoms with Gasteiger partial charge in [0.15, 0.2) is 0 Å². The van der Waals surface area contributed by atoms with Crippen molar-refractivity contribution in [3.63, 3.8) is 0 Å². The van der Waals surface area contributed by atoms with Crippen molar-refractivity contribution >= 4 is 11.3 Å². The first-order valence-electron chi connectivity index (χ1n) is 5.55. The molecule has 3 nitrogen and oxygen atoms in total. The third kappa shape index (κ3) is 3.00. The second kappa shape index (κ2) is 5.05. The van der Waals surface area contributed by atoms with Gasteiger partial charge in [-0.3, -0.25) is 0 Å². The maximum atomic E-state index is 10.1. The van der Waals surface area contributed by atoms with Crippen molar-refractivity contribution in [3.8, 4) is 0 Å². The third-order valence-corrected chi connectivity index (χ3v) is 3.92. The van der Waals surface area contributed by atoms with E-state index in [-0.39, 0.29) is 6.10 Å². The van der Waals surface area contributed by atoms with Gasteiger partial charge in [-0.2, -0.15) is 0 Å². The summed E-state index contributed by atoms with van der Waals surface area (Å²) in [4.78, 5) is 4.38. The first-order valence-corrected chi connectivity index (χ1v) is 6.43. The van der Waals surface area contributed by atoms with Gasteiger partial charge in [0.2, 0.25) is 0 Å². The Kier molecular flexibility index (Phi) is 3.72. The predicted molar refractivity (Wildman–Crippen MR) is 62.2 cm³/mol. The van der Waals surface area contributed by atoms with E-state index >= 15 is 0 Å². The number of aromatic nitrogens is 1. The molecular formula is C11H18N2OS. The number of aryl methyl sites for hydroxylation is 1. The largest absolute Gasteiger partial charge is 0.392 e. The van der Waals surface area contributed by atoms with Crippen LogP contribution in [0, 0.1) is 12.8 Å². The molecule has 2 atom stereocenters. The molecule has 0 aromatic carbocycles. The van der Waals surface area contributed by atoms with E-state index in [9.17, 15) is 5.11 Å². The van der Waals surface area contributed by atoms with Crippen LogP contribution in [0.4, 0.5) is 0 Å². The van der Waals surface area contributed by atoms with Crippen LogP contribution >= 0.6 is 11.3 Å². The highest BCUT2D eigenvalue weighted by Crippen LogP contribution is 2.19. The number of hydrogen-bond donors (Lipinski definition) is 2. The predicted octanol–water partition coefficient (Wildman–Crippen LogP) is 1.35. The number of piperidine rings is 1. The lowest BCUT2D eigenvalue weighted by Crippen LogP contribution is -2.37. The number of rotatable bonds is 3. The fourth-order valence-corrected chi connectivity index (χ4v) is 2.87. The van der Waals surface area contributed by atoms with Crippen LogP contribution in [-0.4, -0.2) is 29.3 Å². The Morgan fingerprint density at radius 3 is 3.20 bits per heavy atom. The van der Waals surface area contributed by atoms with Crippen LogP contribution in [-0.2, 0) is 6.42 Å². The van der Waals surface area contributed by atoms with Gasteiger partial charge >= 0.3 is 0 Å². The number of hydrogen-bond acceptors (Lipinski definition) is 4. The van der Waals surface area contributed by atoms with Crippen molar-refractivity contribution in [2.24, 2.45) is 5.92 Å². The molecule has 4 heteroatoms. The van der Waals surface area contributed by atoms with E-state index < -0.39 is 0 Å². The summed E-state index contributed by atoms with van der Waals surface area (Å²) in [5, 5.41) is 16.5. The molecule has 2 heterocycles. The molecule has 2 N–H and O–H groups in total. The summed E-state index contributed by atoms with van der Waals surface area (Å²) in [6.07, 6.45) is 2.80. The van der Waals surface area contributed by atoms with Crippen molar-refractivity contribution in [2.45, 2.75) is 32.3 Å². The highest BCUT2D eigenvalue weighted by molar-refractivity contribution is 7.09. The van der Waals surface area contributed by atoms with Crippen LogP contribution in [0.25, 0.3) is 0 Å². The van der Waals surface area contributed by atoms with E-state index in [1.54, 1.807) is 11.3 Å². The van der Waals surface area contributed by atoms with Crippen molar-refractivity contribution in [2.75, 3.05) is 13.1 Å². The van der Waals surface area contributed by atoms with Gasteiger partial charge in [-0.1, -0.05) is 0 Å². The Hall–Kier alpha value is -0.450. The van der Waals surface area contributed by atoms with Crippen LogP contribution in [0.5, 0.6) is 0 Å². The Labute approximate surface area is 94.5 Å². The van der Waals surface area contributed by atoms with E-state index in [2.05, 4.69) is 10.3 Å². The summed E-state index contributed by atoms with van der Waals surface area (Å²) in [5.74, 6) is 0.406. The standard InChI is InChI=1S/C11H18N2OS/c1-8-7-15-11(13-8)5-10(14)9-3-2-4-12-6-9/h7,9-10,12,14H,2-6H2,1H3. The monoisotopic (exact) mass is 226 g/mol. The van der Waals surface area contributed by atoms with E-state index in [0.29, 0.717) is 12.3 Å². The molecule has 1 aliphatic heterocycles. The molecule has 15 heavy (non-hydrogen) atoms. The molecule has 0 radical (unpaired) electrons. The van der Waals surface area contributed by atoms with Crippen LogP contribution < -0.4 is 5.32 Å². The molecule has 0 saturated carbocycles. The second-order valence-electron chi connectivity index (χ2n) is 4.26. The minimum atomic E-state index is -0.233. The van der Waals surface area contributed by atoms with Gasteiger partial charge in [0, 0.05) is 24.0 Å². The van der Waals surface area contributed by atoms with Gasteiger partial charge in [-0.25, -0.2) is 4.98 Å². The summed E-state index contributed by atoms with van der Waals surface area (Å²) >= 11 is 1.65. The highest BCUT2D eigenvalue weighted by Gasteiger charge is 2.22. The van der Waals surface area contributed by atoms with E-state index in [4.69, 9.17) is 0 Å².